The maximum atomic E-state index is 12.7. The number of benzene rings is 2. The SMILES string of the molecule is CC(=O)C(=O)[C@@H](Cc1ccncc1)NC(=O)CCc1ccc(-c2ccc(CCCCNC(=N)NC(=O)c3nc(Cl)c(N)nc3N)cc2)cc1. The molecule has 0 aliphatic rings. The fourth-order valence-corrected chi connectivity index (χ4v) is 5.08. The van der Waals surface area contributed by atoms with E-state index in [0.29, 0.717) is 13.0 Å². The van der Waals surface area contributed by atoms with E-state index < -0.39 is 23.5 Å². The van der Waals surface area contributed by atoms with Crippen molar-refractivity contribution in [3.8, 4) is 11.1 Å². The standard InChI is InChI=1S/C35H38ClN9O4/c1-21(46)30(48)27(20-24-15-18-40-19-16-24)42-28(47)14-9-23-7-12-26(13-8-23)25-10-5-22(6-11-25)4-2-3-17-41-35(39)45-34(49)29-32(37)44-33(38)31(36)43-29/h5-8,10-13,15-16,18-19,27H,2-4,9,14,17,20H2,1H3,(H,42,47)(H4,37,38,44)(H3,39,41,45,49)/t27-/m1/s1. The summed E-state index contributed by atoms with van der Waals surface area (Å²) in [6, 6.07) is 18.8. The van der Waals surface area contributed by atoms with Crippen LogP contribution in [0.4, 0.5) is 11.6 Å². The molecule has 0 fully saturated rings. The second-order valence-electron chi connectivity index (χ2n) is 11.3. The van der Waals surface area contributed by atoms with Crippen LogP contribution in [0.1, 0.15) is 53.4 Å². The van der Waals surface area contributed by atoms with E-state index in [9.17, 15) is 19.2 Å². The quantitative estimate of drug-likeness (QED) is 0.0464. The minimum absolute atomic E-state index is 0.0829. The van der Waals surface area contributed by atoms with Gasteiger partial charge in [0.25, 0.3) is 5.91 Å². The Balaban J connectivity index is 1.17. The van der Waals surface area contributed by atoms with Crippen LogP contribution in [0.2, 0.25) is 5.15 Å². The minimum atomic E-state index is -0.915. The molecular formula is C35H38ClN9O4. The van der Waals surface area contributed by atoms with E-state index in [1.807, 2.05) is 24.3 Å². The van der Waals surface area contributed by atoms with Crippen molar-refractivity contribution in [3.63, 3.8) is 0 Å². The molecule has 0 radical (unpaired) electrons. The number of hydrogen-bond donors (Lipinski definition) is 6. The van der Waals surface area contributed by atoms with Gasteiger partial charge >= 0.3 is 0 Å². The van der Waals surface area contributed by atoms with Gasteiger partial charge in [0.1, 0.15) is 0 Å². The molecule has 1 atom stereocenters. The third kappa shape index (κ3) is 10.9. The summed E-state index contributed by atoms with van der Waals surface area (Å²) in [6.45, 7) is 1.69. The molecule has 13 nitrogen and oxygen atoms in total. The number of aryl methyl sites for hydroxylation is 2. The summed E-state index contributed by atoms with van der Waals surface area (Å²) < 4.78 is 0. The Morgan fingerprint density at radius 1 is 0.816 bits per heavy atom. The summed E-state index contributed by atoms with van der Waals surface area (Å²) in [5, 5.41) is 15.7. The molecule has 8 N–H and O–H groups in total. The van der Waals surface area contributed by atoms with E-state index in [2.05, 4.69) is 55.2 Å². The second-order valence-corrected chi connectivity index (χ2v) is 11.7. The Morgan fingerprint density at radius 2 is 1.43 bits per heavy atom. The van der Waals surface area contributed by atoms with Gasteiger partial charge in [-0.15, -0.1) is 0 Å². The lowest BCUT2D eigenvalue weighted by atomic mass is 9.99. The molecule has 0 spiro atoms. The van der Waals surface area contributed by atoms with Gasteiger partial charge < -0.3 is 22.1 Å². The molecule has 254 valence electrons. The molecule has 2 heterocycles. The summed E-state index contributed by atoms with van der Waals surface area (Å²) in [5.74, 6) is -2.68. The number of ketones is 2. The Bertz CT molecular complexity index is 1800. The third-order valence-corrected chi connectivity index (χ3v) is 7.90. The van der Waals surface area contributed by atoms with Gasteiger partial charge in [-0.1, -0.05) is 60.1 Å². The van der Waals surface area contributed by atoms with Gasteiger partial charge in [-0.3, -0.25) is 34.9 Å². The Kier molecular flexibility index (Phi) is 12.9. The molecule has 0 saturated carbocycles. The Morgan fingerprint density at radius 3 is 2.04 bits per heavy atom. The minimum Gasteiger partial charge on any atom is -0.382 e. The number of rotatable bonds is 15. The lowest BCUT2D eigenvalue weighted by Gasteiger charge is -2.16. The van der Waals surface area contributed by atoms with Crippen LogP contribution >= 0.6 is 11.6 Å². The summed E-state index contributed by atoms with van der Waals surface area (Å²) >= 11 is 5.81. The molecule has 0 bridgehead atoms. The number of nitrogen functional groups attached to an aromatic ring is 2. The first-order chi connectivity index (χ1) is 23.5. The molecule has 0 saturated heterocycles. The monoisotopic (exact) mass is 683 g/mol. The number of nitrogens with two attached hydrogens (primary N) is 2. The third-order valence-electron chi connectivity index (χ3n) is 7.62. The number of nitrogens with one attached hydrogen (secondary N) is 4. The lowest BCUT2D eigenvalue weighted by Crippen LogP contribution is -2.44. The van der Waals surface area contributed by atoms with Gasteiger partial charge in [-0.25, -0.2) is 9.97 Å². The molecule has 0 unspecified atom stereocenters. The number of guanidine groups is 1. The van der Waals surface area contributed by atoms with Crippen LogP contribution in [-0.2, 0) is 33.6 Å². The number of halogens is 1. The van der Waals surface area contributed by atoms with E-state index in [4.69, 9.17) is 28.5 Å². The number of carbonyl (C=O) groups is 4. The molecule has 4 aromatic rings. The number of anilines is 2. The highest BCUT2D eigenvalue weighted by Gasteiger charge is 2.24. The highest BCUT2D eigenvalue weighted by molar-refractivity contribution is 6.38. The number of unbranched alkanes of at least 4 members (excludes halogenated alkanes) is 1. The van der Waals surface area contributed by atoms with Gasteiger partial charge in [0, 0.05) is 38.7 Å². The first-order valence-corrected chi connectivity index (χ1v) is 16.0. The van der Waals surface area contributed by atoms with Crippen molar-refractivity contribution in [3.05, 3.63) is 101 Å². The van der Waals surface area contributed by atoms with Gasteiger partial charge in [-0.05, 0) is 65.6 Å². The smallest absolute Gasteiger partial charge is 0.280 e. The van der Waals surface area contributed by atoms with Crippen molar-refractivity contribution in [1.29, 1.82) is 5.41 Å². The molecule has 0 aliphatic heterocycles. The fraction of sp³-hybridized carbons (Fsp3) is 0.257. The van der Waals surface area contributed by atoms with Gasteiger partial charge in [0.05, 0.1) is 6.04 Å². The highest BCUT2D eigenvalue weighted by Crippen LogP contribution is 2.22. The maximum Gasteiger partial charge on any atom is 0.280 e. The second kappa shape index (κ2) is 17.5. The molecule has 2 aromatic carbocycles. The van der Waals surface area contributed by atoms with Crippen molar-refractivity contribution in [2.24, 2.45) is 0 Å². The molecule has 2 aromatic heterocycles. The van der Waals surface area contributed by atoms with Gasteiger partial charge in [-0.2, -0.15) is 0 Å². The van der Waals surface area contributed by atoms with Crippen molar-refractivity contribution < 1.29 is 19.2 Å². The number of carbonyl (C=O) groups excluding carboxylic acids is 4. The molecule has 4 rings (SSSR count). The zero-order valence-electron chi connectivity index (χ0n) is 27.0. The average molecular weight is 684 g/mol. The highest BCUT2D eigenvalue weighted by atomic mass is 35.5. The Hall–Kier alpha value is -5.69. The van der Waals surface area contributed by atoms with Crippen molar-refractivity contribution in [2.45, 2.75) is 51.5 Å². The number of amides is 2. The van der Waals surface area contributed by atoms with E-state index in [1.54, 1.807) is 24.5 Å². The number of hydrogen-bond acceptors (Lipinski definition) is 10. The summed E-state index contributed by atoms with van der Waals surface area (Å²) in [6.07, 6.45) is 6.58. The predicted octanol–water partition coefficient (Wildman–Crippen LogP) is 3.45. The van der Waals surface area contributed by atoms with Crippen LogP contribution in [0, 0.1) is 5.41 Å². The van der Waals surface area contributed by atoms with Crippen LogP contribution in [0.3, 0.4) is 0 Å². The average Bonchev–Trinajstić information content (AvgIpc) is 3.09. The van der Waals surface area contributed by atoms with Crippen molar-refractivity contribution in [2.75, 3.05) is 18.0 Å². The first-order valence-electron chi connectivity index (χ1n) is 15.6. The summed E-state index contributed by atoms with van der Waals surface area (Å²) in [5.41, 5.74) is 16.1. The fourth-order valence-electron chi connectivity index (χ4n) is 4.95. The zero-order chi connectivity index (χ0) is 35.3. The lowest BCUT2D eigenvalue weighted by molar-refractivity contribution is -0.137. The maximum absolute atomic E-state index is 12.7. The molecule has 14 heteroatoms. The molecular weight excluding hydrogens is 646 g/mol. The van der Waals surface area contributed by atoms with Crippen LogP contribution in [0.5, 0.6) is 0 Å². The first kappa shape index (κ1) is 36.2. The summed E-state index contributed by atoms with van der Waals surface area (Å²) in [7, 11) is 0. The number of pyridine rings is 1. The van der Waals surface area contributed by atoms with E-state index in [1.165, 1.54) is 12.5 Å². The predicted molar refractivity (Wildman–Crippen MR) is 188 cm³/mol. The van der Waals surface area contributed by atoms with Crippen molar-refractivity contribution in [1.82, 2.24) is 30.9 Å². The normalized spacial score (nSPS) is 11.3. The molecule has 0 aliphatic carbocycles. The number of Topliss-reactive ketones (excluding diaryl/α,β-unsaturated/α-hetero) is 2. The van der Waals surface area contributed by atoms with Crippen LogP contribution < -0.4 is 27.4 Å². The van der Waals surface area contributed by atoms with E-state index in [0.717, 1.165) is 41.5 Å². The zero-order valence-corrected chi connectivity index (χ0v) is 27.7. The van der Waals surface area contributed by atoms with Crippen LogP contribution in [0.15, 0.2) is 73.1 Å². The van der Waals surface area contributed by atoms with E-state index in [-0.39, 0.29) is 47.2 Å². The van der Waals surface area contributed by atoms with Crippen molar-refractivity contribution >= 4 is 52.6 Å². The topological polar surface area (TPSA) is 219 Å². The van der Waals surface area contributed by atoms with E-state index >= 15 is 0 Å². The molecule has 2 amide bonds. The van der Waals surface area contributed by atoms with Crippen LogP contribution in [0.25, 0.3) is 11.1 Å². The van der Waals surface area contributed by atoms with Gasteiger partial charge in [0.15, 0.2) is 34.2 Å². The largest absolute Gasteiger partial charge is 0.382 e. The van der Waals surface area contributed by atoms with Crippen LogP contribution in [-0.4, -0.2) is 56.9 Å². The van der Waals surface area contributed by atoms with Gasteiger partial charge in [0.2, 0.25) is 11.7 Å². The molecule has 49 heavy (non-hydrogen) atoms. The Labute approximate surface area is 288 Å². The summed E-state index contributed by atoms with van der Waals surface area (Å²) in [4.78, 5) is 60.7. The number of nitrogens with zero attached hydrogens (tertiary/aromatic N) is 3. The number of aromatic nitrogens is 3.